The predicted octanol–water partition coefficient (Wildman–Crippen LogP) is 1.55. The highest BCUT2D eigenvalue weighted by atomic mass is 16.1. The number of rotatable bonds is 4. The second kappa shape index (κ2) is 5.11. The minimum Gasteiger partial charge on any atom is -0.358 e. The van der Waals surface area contributed by atoms with Crippen LogP contribution in [0, 0.1) is 18.3 Å². The lowest BCUT2D eigenvalue weighted by molar-refractivity contribution is 0.112. The molecule has 0 atom stereocenters. The van der Waals surface area contributed by atoms with Gasteiger partial charge in [0.05, 0.1) is 12.5 Å². The largest absolute Gasteiger partial charge is 0.358 e. The van der Waals surface area contributed by atoms with Gasteiger partial charge in [0.25, 0.3) is 0 Å². The van der Waals surface area contributed by atoms with Crippen LogP contribution >= 0.6 is 0 Å². The van der Waals surface area contributed by atoms with E-state index in [1.807, 2.05) is 18.9 Å². The second-order valence-corrected chi connectivity index (χ2v) is 3.36. The molecule has 15 heavy (non-hydrogen) atoms. The van der Waals surface area contributed by atoms with E-state index in [9.17, 15) is 4.79 Å². The first-order chi connectivity index (χ1) is 7.19. The first-order valence-corrected chi connectivity index (χ1v) is 4.69. The van der Waals surface area contributed by atoms with Gasteiger partial charge in [-0.25, -0.2) is 4.98 Å². The molecule has 0 amide bonds. The quantitative estimate of drug-likeness (QED) is 0.697. The van der Waals surface area contributed by atoms with Crippen LogP contribution in [0.1, 0.15) is 22.3 Å². The molecule has 1 aromatic rings. The van der Waals surface area contributed by atoms with Crippen molar-refractivity contribution in [3.05, 3.63) is 23.4 Å². The second-order valence-electron chi connectivity index (χ2n) is 3.36. The molecule has 1 aromatic heterocycles. The summed E-state index contributed by atoms with van der Waals surface area (Å²) in [4.78, 5) is 16.6. The van der Waals surface area contributed by atoms with E-state index in [4.69, 9.17) is 5.26 Å². The van der Waals surface area contributed by atoms with E-state index in [1.54, 1.807) is 6.07 Å². The summed E-state index contributed by atoms with van der Waals surface area (Å²) in [5.74, 6) is 0.816. The average molecular weight is 203 g/mol. The van der Waals surface area contributed by atoms with Gasteiger partial charge in [-0.15, -0.1) is 0 Å². The number of carbonyl (C=O) groups is 1. The highest BCUT2D eigenvalue weighted by Gasteiger charge is 2.06. The van der Waals surface area contributed by atoms with Crippen molar-refractivity contribution in [1.29, 1.82) is 5.26 Å². The topological polar surface area (TPSA) is 57.0 Å². The Morgan fingerprint density at radius 2 is 2.40 bits per heavy atom. The fourth-order valence-electron chi connectivity index (χ4n) is 1.38. The molecule has 0 aromatic carbocycles. The number of carbonyl (C=O) groups excluding carboxylic acids is 1. The van der Waals surface area contributed by atoms with Gasteiger partial charge in [-0.05, 0) is 18.6 Å². The maximum Gasteiger partial charge on any atom is 0.151 e. The first kappa shape index (κ1) is 11.2. The minimum absolute atomic E-state index is 0.465. The Balaban J connectivity index is 2.86. The summed E-state index contributed by atoms with van der Waals surface area (Å²) >= 11 is 0. The van der Waals surface area contributed by atoms with Crippen LogP contribution in [0.15, 0.2) is 12.3 Å². The molecule has 0 unspecified atom stereocenters. The standard InChI is InChI=1S/C11H13N3O/c1-9-6-10(8-15)7-13-11(9)14(2)5-3-4-12/h6-8H,3,5H2,1-2H3. The number of hydrogen-bond donors (Lipinski definition) is 0. The maximum atomic E-state index is 10.5. The minimum atomic E-state index is 0.465. The molecule has 0 spiro atoms. The summed E-state index contributed by atoms with van der Waals surface area (Å²) in [6, 6.07) is 3.87. The Kier molecular flexibility index (Phi) is 3.81. The van der Waals surface area contributed by atoms with Gasteiger partial charge in [-0.3, -0.25) is 4.79 Å². The van der Waals surface area contributed by atoms with Crippen LogP contribution in [-0.4, -0.2) is 24.9 Å². The summed E-state index contributed by atoms with van der Waals surface area (Å²) in [5, 5.41) is 8.47. The molecule has 0 saturated heterocycles. The van der Waals surface area contributed by atoms with Crippen molar-refractivity contribution in [1.82, 2.24) is 4.98 Å². The van der Waals surface area contributed by atoms with Gasteiger partial charge >= 0.3 is 0 Å². The molecule has 0 bridgehead atoms. The lowest BCUT2D eigenvalue weighted by atomic mass is 10.2. The summed E-state index contributed by atoms with van der Waals surface area (Å²) in [6.07, 6.45) is 2.78. The monoisotopic (exact) mass is 203 g/mol. The summed E-state index contributed by atoms with van der Waals surface area (Å²) in [7, 11) is 1.88. The molecule has 0 aliphatic carbocycles. The molecule has 0 aliphatic heterocycles. The SMILES string of the molecule is Cc1cc(C=O)cnc1N(C)CCC#N. The third-order valence-corrected chi connectivity index (χ3v) is 2.13. The van der Waals surface area contributed by atoms with Gasteiger partial charge in [0.1, 0.15) is 5.82 Å². The average Bonchev–Trinajstić information content (AvgIpc) is 2.25. The van der Waals surface area contributed by atoms with Crippen molar-refractivity contribution in [3.8, 4) is 6.07 Å². The van der Waals surface area contributed by atoms with Gasteiger partial charge < -0.3 is 4.90 Å². The Morgan fingerprint density at radius 3 is 2.93 bits per heavy atom. The highest BCUT2D eigenvalue weighted by Crippen LogP contribution is 2.15. The number of anilines is 1. The molecule has 0 aliphatic rings. The van der Waals surface area contributed by atoms with E-state index >= 15 is 0 Å². The van der Waals surface area contributed by atoms with Crippen LogP contribution in [0.5, 0.6) is 0 Å². The Hall–Kier alpha value is -1.89. The van der Waals surface area contributed by atoms with E-state index < -0.39 is 0 Å². The van der Waals surface area contributed by atoms with Gasteiger partial charge in [0.2, 0.25) is 0 Å². The van der Waals surface area contributed by atoms with Gasteiger partial charge in [0, 0.05) is 25.4 Å². The van der Waals surface area contributed by atoms with Crippen molar-refractivity contribution >= 4 is 12.1 Å². The van der Waals surface area contributed by atoms with Crippen molar-refractivity contribution < 1.29 is 4.79 Å². The number of aryl methyl sites for hydroxylation is 1. The van der Waals surface area contributed by atoms with Crippen LogP contribution in [0.25, 0.3) is 0 Å². The third-order valence-electron chi connectivity index (χ3n) is 2.13. The number of nitrogens with zero attached hydrogens (tertiary/aromatic N) is 3. The fourth-order valence-corrected chi connectivity index (χ4v) is 1.38. The molecule has 0 radical (unpaired) electrons. The number of hydrogen-bond acceptors (Lipinski definition) is 4. The summed E-state index contributed by atoms with van der Waals surface area (Å²) in [5.41, 5.74) is 1.52. The normalized spacial score (nSPS) is 9.40. The fraction of sp³-hybridized carbons (Fsp3) is 0.364. The van der Waals surface area contributed by atoms with Gasteiger partial charge in [-0.1, -0.05) is 0 Å². The number of aldehydes is 1. The molecule has 0 N–H and O–H groups in total. The Labute approximate surface area is 89.2 Å². The van der Waals surface area contributed by atoms with Crippen LogP contribution in [0.4, 0.5) is 5.82 Å². The van der Waals surface area contributed by atoms with Crippen LogP contribution < -0.4 is 4.90 Å². The molecule has 78 valence electrons. The molecule has 1 rings (SSSR count). The highest BCUT2D eigenvalue weighted by molar-refractivity contribution is 5.75. The van der Waals surface area contributed by atoms with E-state index in [0.29, 0.717) is 18.5 Å². The van der Waals surface area contributed by atoms with Crippen LogP contribution in [-0.2, 0) is 0 Å². The molecule has 1 heterocycles. The van der Waals surface area contributed by atoms with Crippen molar-refractivity contribution in [3.63, 3.8) is 0 Å². The molecule has 4 nitrogen and oxygen atoms in total. The van der Waals surface area contributed by atoms with E-state index in [1.165, 1.54) is 6.20 Å². The summed E-state index contributed by atoms with van der Waals surface area (Å²) < 4.78 is 0. The van der Waals surface area contributed by atoms with Crippen molar-refractivity contribution in [2.24, 2.45) is 0 Å². The Morgan fingerprint density at radius 1 is 1.67 bits per heavy atom. The smallest absolute Gasteiger partial charge is 0.151 e. The van der Waals surface area contributed by atoms with Gasteiger partial charge in [-0.2, -0.15) is 5.26 Å². The number of aromatic nitrogens is 1. The lowest BCUT2D eigenvalue weighted by Crippen LogP contribution is -2.20. The van der Waals surface area contributed by atoms with E-state index in [0.717, 1.165) is 17.7 Å². The third kappa shape index (κ3) is 2.78. The zero-order valence-corrected chi connectivity index (χ0v) is 8.90. The van der Waals surface area contributed by atoms with Crippen LogP contribution in [0.2, 0.25) is 0 Å². The molecular formula is C11H13N3O. The zero-order chi connectivity index (χ0) is 11.3. The van der Waals surface area contributed by atoms with Crippen molar-refractivity contribution in [2.75, 3.05) is 18.5 Å². The maximum absolute atomic E-state index is 10.5. The molecule has 4 heteroatoms. The predicted molar refractivity (Wildman–Crippen MR) is 57.9 cm³/mol. The van der Waals surface area contributed by atoms with Crippen molar-refractivity contribution in [2.45, 2.75) is 13.3 Å². The van der Waals surface area contributed by atoms with Crippen LogP contribution in [0.3, 0.4) is 0 Å². The number of pyridine rings is 1. The summed E-state index contributed by atoms with van der Waals surface area (Å²) in [6.45, 7) is 2.54. The Bertz CT molecular complexity index is 395. The first-order valence-electron chi connectivity index (χ1n) is 4.69. The van der Waals surface area contributed by atoms with Gasteiger partial charge in [0.15, 0.2) is 6.29 Å². The molecule has 0 fully saturated rings. The molecular weight excluding hydrogens is 190 g/mol. The number of nitriles is 1. The van der Waals surface area contributed by atoms with E-state index in [-0.39, 0.29) is 0 Å². The van der Waals surface area contributed by atoms with E-state index in [2.05, 4.69) is 11.1 Å². The zero-order valence-electron chi connectivity index (χ0n) is 8.90. The molecule has 0 saturated carbocycles. The lowest BCUT2D eigenvalue weighted by Gasteiger charge is -2.18.